The van der Waals surface area contributed by atoms with Gasteiger partial charge in [0.1, 0.15) is 5.84 Å². The van der Waals surface area contributed by atoms with Gasteiger partial charge in [-0.1, -0.05) is 6.08 Å². The van der Waals surface area contributed by atoms with Crippen LogP contribution in [0.2, 0.25) is 0 Å². The summed E-state index contributed by atoms with van der Waals surface area (Å²) in [6, 6.07) is -1.25. The molecule has 3 rings (SSSR count). The molecular formula is C9H6N4O2. The van der Waals surface area contributed by atoms with Gasteiger partial charge in [-0.15, -0.1) is 0 Å². The molecule has 1 N–H and O–H groups in total. The summed E-state index contributed by atoms with van der Waals surface area (Å²) in [6.45, 7) is 0. The number of nitrogens with one attached hydrogen (secondary N) is 1. The number of amides is 3. The Morgan fingerprint density at radius 3 is 3.00 bits per heavy atom. The molecule has 0 aliphatic carbocycles. The van der Waals surface area contributed by atoms with Crippen molar-refractivity contribution in [1.29, 1.82) is 0 Å². The van der Waals surface area contributed by atoms with E-state index in [1.165, 1.54) is 0 Å². The molecule has 0 aromatic heterocycles. The lowest BCUT2D eigenvalue weighted by Crippen LogP contribution is -2.51. The maximum atomic E-state index is 11.6. The van der Waals surface area contributed by atoms with Crippen molar-refractivity contribution in [1.82, 2.24) is 10.2 Å². The van der Waals surface area contributed by atoms with E-state index in [1.807, 2.05) is 6.08 Å². The van der Waals surface area contributed by atoms with E-state index in [9.17, 15) is 9.59 Å². The summed E-state index contributed by atoms with van der Waals surface area (Å²) in [5.41, 5.74) is 0. The molecule has 0 fully saturated rings. The van der Waals surface area contributed by atoms with Crippen molar-refractivity contribution in [3.05, 3.63) is 24.4 Å². The van der Waals surface area contributed by atoms with Crippen LogP contribution in [0.4, 0.5) is 4.79 Å². The monoisotopic (exact) mass is 202 g/mol. The van der Waals surface area contributed by atoms with Crippen LogP contribution in [0.25, 0.3) is 0 Å². The van der Waals surface area contributed by atoms with Crippen molar-refractivity contribution in [2.24, 2.45) is 9.98 Å². The predicted octanol–water partition coefficient (Wildman–Crippen LogP) is -0.199. The number of hydrogen-bond acceptors (Lipinski definition) is 4. The third kappa shape index (κ3) is 1.04. The summed E-state index contributed by atoms with van der Waals surface area (Å²) in [5.74, 6) is 0.504. The van der Waals surface area contributed by atoms with Crippen LogP contribution < -0.4 is 5.32 Å². The van der Waals surface area contributed by atoms with E-state index >= 15 is 0 Å². The molecule has 6 heteroatoms. The topological polar surface area (TPSA) is 74.1 Å². The largest absolute Gasteiger partial charge is 0.349 e. The molecule has 3 aliphatic rings. The maximum absolute atomic E-state index is 11.6. The fourth-order valence-electron chi connectivity index (χ4n) is 1.70. The van der Waals surface area contributed by atoms with Crippen molar-refractivity contribution in [2.75, 3.05) is 0 Å². The van der Waals surface area contributed by atoms with Gasteiger partial charge in [-0.3, -0.25) is 10.1 Å². The second-order valence-corrected chi connectivity index (χ2v) is 3.24. The molecule has 1 unspecified atom stereocenters. The van der Waals surface area contributed by atoms with Crippen LogP contribution in [0.15, 0.2) is 34.4 Å². The predicted molar refractivity (Wildman–Crippen MR) is 52.3 cm³/mol. The normalized spacial score (nSPS) is 26.9. The van der Waals surface area contributed by atoms with Crippen molar-refractivity contribution in [2.45, 2.75) is 6.04 Å². The van der Waals surface area contributed by atoms with E-state index in [4.69, 9.17) is 0 Å². The van der Waals surface area contributed by atoms with Crippen LogP contribution in [0.3, 0.4) is 0 Å². The van der Waals surface area contributed by atoms with Gasteiger partial charge in [-0.05, 0) is 12.2 Å². The molecule has 3 aliphatic heterocycles. The van der Waals surface area contributed by atoms with Gasteiger partial charge in [0.15, 0.2) is 11.9 Å². The van der Waals surface area contributed by atoms with Gasteiger partial charge in [-0.25, -0.2) is 9.79 Å². The summed E-state index contributed by atoms with van der Waals surface area (Å²) in [5, 5.41) is 2.15. The molecule has 0 saturated carbocycles. The molecular weight excluding hydrogens is 196 g/mol. The average Bonchev–Trinajstić information content (AvgIpc) is 2.54. The average molecular weight is 202 g/mol. The van der Waals surface area contributed by atoms with Gasteiger partial charge >= 0.3 is 6.03 Å². The van der Waals surface area contributed by atoms with Gasteiger partial charge < -0.3 is 4.90 Å². The molecule has 0 aromatic rings. The fourth-order valence-corrected chi connectivity index (χ4v) is 1.70. The minimum Gasteiger partial charge on any atom is -0.313 e. The van der Waals surface area contributed by atoms with Gasteiger partial charge in [0, 0.05) is 6.20 Å². The van der Waals surface area contributed by atoms with Gasteiger partial charge in [0.05, 0.1) is 0 Å². The Hall–Kier alpha value is -2.24. The van der Waals surface area contributed by atoms with E-state index < -0.39 is 12.1 Å². The van der Waals surface area contributed by atoms with Gasteiger partial charge in [0.25, 0.3) is 5.91 Å². The Bertz CT molecular complexity index is 486. The highest BCUT2D eigenvalue weighted by molar-refractivity contribution is 6.26. The Morgan fingerprint density at radius 1 is 1.27 bits per heavy atom. The first kappa shape index (κ1) is 8.10. The SMILES string of the molecule is O=C1N=C2N=C3C=CC=CN3C2C(=O)N1. The zero-order valence-corrected chi connectivity index (χ0v) is 7.54. The highest BCUT2D eigenvalue weighted by Crippen LogP contribution is 2.19. The lowest BCUT2D eigenvalue weighted by molar-refractivity contribution is -0.121. The van der Waals surface area contributed by atoms with E-state index in [2.05, 4.69) is 15.3 Å². The van der Waals surface area contributed by atoms with Crippen LogP contribution in [0, 0.1) is 0 Å². The molecule has 0 aromatic carbocycles. The highest BCUT2D eigenvalue weighted by Gasteiger charge is 2.41. The van der Waals surface area contributed by atoms with E-state index in [-0.39, 0.29) is 11.7 Å². The van der Waals surface area contributed by atoms with E-state index in [0.717, 1.165) is 0 Å². The smallest absolute Gasteiger partial charge is 0.313 e. The number of rotatable bonds is 0. The molecule has 6 nitrogen and oxygen atoms in total. The first-order valence-electron chi connectivity index (χ1n) is 4.41. The second kappa shape index (κ2) is 2.63. The van der Waals surface area contributed by atoms with Crippen LogP contribution in [0.5, 0.6) is 0 Å². The van der Waals surface area contributed by atoms with Crippen molar-refractivity contribution >= 4 is 23.6 Å². The summed E-state index contributed by atoms with van der Waals surface area (Å²) in [7, 11) is 0. The molecule has 3 amide bonds. The summed E-state index contributed by atoms with van der Waals surface area (Å²) < 4.78 is 0. The zero-order chi connectivity index (χ0) is 10.4. The number of carbonyl (C=O) groups excluding carboxylic acids is 2. The standard InChI is InChI=1S/C9H6N4O2/c14-8-6-7(11-9(15)12-8)10-5-3-1-2-4-13(5)6/h1-4,6H,(H,12,14,15). The minimum atomic E-state index is -0.650. The molecule has 0 bridgehead atoms. The number of carbonyl (C=O) groups is 2. The van der Waals surface area contributed by atoms with Crippen molar-refractivity contribution in [3.8, 4) is 0 Å². The Labute approximate surface area is 84.7 Å². The second-order valence-electron chi connectivity index (χ2n) is 3.24. The lowest BCUT2D eigenvalue weighted by Gasteiger charge is -2.24. The van der Waals surface area contributed by atoms with E-state index in [1.54, 1.807) is 23.3 Å². The molecule has 15 heavy (non-hydrogen) atoms. The molecule has 3 heterocycles. The third-order valence-corrected chi connectivity index (χ3v) is 2.31. The Kier molecular flexibility index (Phi) is 1.42. The van der Waals surface area contributed by atoms with Crippen LogP contribution in [0.1, 0.15) is 0 Å². The van der Waals surface area contributed by atoms with Gasteiger partial charge in [-0.2, -0.15) is 4.99 Å². The molecule has 0 spiro atoms. The Morgan fingerprint density at radius 2 is 2.13 bits per heavy atom. The minimum absolute atomic E-state index is 0.259. The zero-order valence-electron chi connectivity index (χ0n) is 7.54. The van der Waals surface area contributed by atoms with Crippen molar-refractivity contribution < 1.29 is 9.59 Å². The van der Waals surface area contributed by atoms with Crippen LogP contribution in [-0.4, -0.2) is 34.6 Å². The number of urea groups is 1. The number of fused-ring (bicyclic) bond motifs is 3. The molecule has 74 valence electrons. The number of hydrogen-bond donors (Lipinski definition) is 1. The summed E-state index contributed by atoms with van der Waals surface area (Å²) in [6.07, 6.45) is 7.11. The number of nitrogens with zero attached hydrogens (tertiary/aromatic N) is 3. The maximum Gasteiger partial charge on any atom is 0.349 e. The summed E-state index contributed by atoms with van der Waals surface area (Å²) in [4.78, 5) is 32.0. The van der Waals surface area contributed by atoms with Crippen LogP contribution in [-0.2, 0) is 4.79 Å². The number of amidine groups is 2. The van der Waals surface area contributed by atoms with Gasteiger partial charge in [0.2, 0.25) is 0 Å². The number of imide groups is 1. The van der Waals surface area contributed by atoms with Crippen molar-refractivity contribution in [3.63, 3.8) is 0 Å². The first-order valence-corrected chi connectivity index (χ1v) is 4.41. The fraction of sp³-hybridized carbons (Fsp3) is 0.111. The lowest BCUT2D eigenvalue weighted by atomic mass is 10.2. The number of allylic oxidation sites excluding steroid dienone is 2. The summed E-state index contributed by atoms with van der Waals surface area (Å²) >= 11 is 0. The molecule has 0 radical (unpaired) electrons. The molecule has 1 atom stereocenters. The van der Waals surface area contributed by atoms with Crippen LogP contribution >= 0.6 is 0 Å². The Balaban J connectivity index is 2.10. The quantitative estimate of drug-likeness (QED) is 0.591. The number of aliphatic imine (C=N–C) groups is 2. The first-order chi connectivity index (χ1) is 7.25. The molecule has 0 saturated heterocycles. The third-order valence-electron chi connectivity index (χ3n) is 2.31. The van der Waals surface area contributed by atoms with E-state index in [0.29, 0.717) is 5.84 Å². The highest BCUT2D eigenvalue weighted by atomic mass is 16.2.